The minimum absolute atomic E-state index is 0. The van der Waals surface area contributed by atoms with E-state index in [0.717, 1.165) is 36.1 Å². The Morgan fingerprint density at radius 1 is 1.25 bits per heavy atom. The minimum Gasteiger partial charge on any atom is -0.337 e. The van der Waals surface area contributed by atoms with Gasteiger partial charge in [-0.3, -0.25) is 4.79 Å². The number of rotatable bonds is 2. The van der Waals surface area contributed by atoms with Gasteiger partial charge in [0.15, 0.2) is 5.69 Å². The van der Waals surface area contributed by atoms with Gasteiger partial charge in [-0.1, -0.05) is 22.0 Å². The number of carbonyl (C=O) groups excluding carboxylic acids is 1. The van der Waals surface area contributed by atoms with E-state index in [4.69, 9.17) is 5.73 Å². The third-order valence-electron chi connectivity index (χ3n) is 5.08. The molecule has 2 heterocycles. The van der Waals surface area contributed by atoms with Crippen molar-refractivity contribution in [2.45, 2.75) is 18.9 Å². The number of nitrogens with two attached hydrogens (primary N) is 1. The van der Waals surface area contributed by atoms with Gasteiger partial charge in [0.2, 0.25) is 0 Å². The Morgan fingerprint density at radius 2 is 2.08 bits per heavy atom. The molecule has 2 aromatic rings. The van der Waals surface area contributed by atoms with Crippen molar-refractivity contribution in [1.29, 1.82) is 0 Å². The molecule has 3 atom stereocenters. The fourth-order valence-corrected chi connectivity index (χ4v) is 4.22. The second kappa shape index (κ2) is 6.86. The van der Waals surface area contributed by atoms with E-state index in [2.05, 4.69) is 21.0 Å². The Bertz CT molecular complexity index is 750. The zero-order valence-corrected chi connectivity index (χ0v) is 15.5. The molecule has 1 saturated heterocycles. The molecule has 1 saturated carbocycles. The first-order valence-electron chi connectivity index (χ1n) is 7.98. The van der Waals surface area contributed by atoms with Crippen LogP contribution in [0.1, 0.15) is 23.3 Å². The summed E-state index contributed by atoms with van der Waals surface area (Å²) in [5.41, 5.74) is 7.58. The molecule has 24 heavy (non-hydrogen) atoms. The molecule has 1 aliphatic heterocycles. The number of likely N-dealkylation sites (tertiary alicyclic amines) is 1. The van der Waals surface area contributed by atoms with Crippen LogP contribution in [-0.2, 0) is 0 Å². The Kier molecular flexibility index (Phi) is 4.99. The van der Waals surface area contributed by atoms with Gasteiger partial charge in [-0.25, -0.2) is 4.68 Å². The van der Waals surface area contributed by atoms with Crippen molar-refractivity contribution < 1.29 is 4.79 Å². The molecule has 3 unspecified atom stereocenters. The largest absolute Gasteiger partial charge is 0.337 e. The fraction of sp³-hybridized carbons (Fsp3) is 0.412. The van der Waals surface area contributed by atoms with Crippen LogP contribution in [0.5, 0.6) is 0 Å². The van der Waals surface area contributed by atoms with Crippen molar-refractivity contribution in [1.82, 2.24) is 14.7 Å². The maximum Gasteiger partial charge on any atom is 0.274 e. The van der Waals surface area contributed by atoms with E-state index >= 15 is 0 Å². The monoisotopic (exact) mass is 410 g/mol. The average Bonchev–Trinajstić information content (AvgIpc) is 3.24. The van der Waals surface area contributed by atoms with Crippen LogP contribution in [-0.4, -0.2) is 39.7 Å². The molecule has 1 aromatic heterocycles. The van der Waals surface area contributed by atoms with Gasteiger partial charge in [0, 0.05) is 29.8 Å². The van der Waals surface area contributed by atoms with Crippen molar-refractivity contribution in [3.05, 3.63) is 46.7 Å². The minimum atomic E-state index is 0. The van der Waals surface area contributed by atoms with Crippen LogP contribution in [0.15, 0.2) is 41.0 Å². The number of aromatic nitrogens is 2. The highest BCUT2D eigenvalue weighted by Gasteiger charge is 2.42. The number of hydrogen-bond acceptors (Lipinski definition) is 3. The van der Waals surface area contributed by atoms with Gasteiger partial charge in [-0.15, -0.1) is 12.4 Å². The summed E-state index contributed by atoms with van der Waals surface area (Å²) in [7, 11) is 0. The third-order valence-corrected chi connectivity index (χ3v) is 5.57. The summed E-state index contributed by atoms with van der Waals surface area (Å²) in [6.07, 6.45) is 4.06. The fourth-order valence-electron chi connectivity index (χ4n) is 3.84. The summed E-state index contributed by atoms with van der Waals surface area (Å²) in [6, 6.07) is 9.89. The van der Waals surface area contributed by atoms with Gasteiger partial charge >= 0.3 is 0 Å². The Hall–Kier alpha value is -1.37. The first kappa shape index (κ1) is 17.5. The number of hydrogen-bond donors (Lipinski definition) is 1. The molecule has 5 nitrogen and oxygen atoms in total. The highest BCUT2D eigenvalue weighted by molar-refractivity contribution is 9.10. The lowest BCUT2D eigenvalue weighted by atomic mass is 9.98. The zero-order chi connectivity index (χ0) is 16.0. The summed E-state index contributed by atoms with van der Waals surface area (Å²) < 4.78 is 2.72. The van der Waals surface area contributed by atoms with Crippen LogP contribution in [0, 0.1) is 11.8 Å². The molecule has 0 spiro atoms. The van der Waals surface area contributed by atoms with E-state index in [0.29, 0.717) is 17.5 Å². The molecule has 7 heteroatoms. The van der Waals surface area contributed by atoms with Crippen LogP contribution in [0.25, 0.3) is 5.69 Å². The highest BCUT2D eigenvalue weighted by atomic mass is 79.9. The van der Waals surface area contributed by atoms with Crippen molar-refractivity contribution >= 4 is 34.2 Å². The van der Waals surface area contributed by atoms with Crippen LogP contribution >= 0.6 is 28.3 Å². The third kappa shape index (κ3) is 3.10. The van der Waals surface area contributed by atoms with Crippen molar-refractivity contribution in [3.63, 3.8) is 0 Å². The molecule has 128 valence electrons. The standard InChI is InChI=1S/C17H19BrN4O.ClH/c18-12-2-1-3-13(8-12)22-7-6-16(20-22)17(23)21-9-11-4-5-15(19)14(11)10-21;/h1-3,6-8,11,14-15H,4-5,9-10,19H2;1H. The first-order valence-corrected chi connectivity index (χ1v) is 8.77. The number of benzene rings is 1. The zero-order valence-electron chi connectivity index (χ0n) is 13.1. The summed E-state index contributed by atoms with van der Waals surface area (Å²) in [5, 5.41) is 4.45. The molecule has 2 fully saturated rings. The smallest absolute Gasteiger partial charge is 0.274 e. The lowest BCUT2D eigenvalue weighted by Crippen LogP contribution is -2.33. The molecule has 1 aromatic carbocycles. The van der Waals surface area contributed by atoms with Gasteiger partial charge in [-0.05, 0) is 48.9 Å². The van der Waals surface area contributed by atoms with Gasteiger partial charge in [-0.2, -0.15) is 5.10 Å². The molecule has 1 amide bonds. The normalized spacial score (nSPS) is 25.4. The quantitative estimate of drug-likeness (QED) is 0.826. The van der Waals surface area contributed by atoms with E-state index < -0.39 is 0 Å². The Morgan fingerprint density at radius 3 is 2.83 bits per heavy atom. The van der Waals surface area contributed by atoms with Gasteiger partial charge in [0.05, 0.1) is 5.69 Å². The van der Waals surface area contributed by atoms with Gasteiger partial charge < -0.3 is 10.6 Å². The van der Waals surface area contributed by atoms with Crippen molar-refractivity contribution in [2.24, 2.45) is 17.6 Å². The van der Waals surface area contributed by atoms with Crippen molar-refractivity contribution in [3.8, 4) is 5.69 Å². The molecule has 0 radical (unpaired) electrons. The van der Waals surface area contributed by atoms with E-state index in [1.165, 1.54) is 0 Å². The molecular weight excluding hydrogens is 392 g/mol. The highest BCUT2D eigenvalue weighted by Crippen LogP contribution is 2.37. The van der Waals surface area contributed by atoms with Crippen LogP contribution in [0.4, 0.5) is 0 Å². The van der Waals surface area contributed by atoms with Gasteiger partial charge in [0.1, 0.15) is 0 Å². The molecule has 2 aliphatic rings. The lowest BCUT2D eigenvalue weighted by Gasteiger charge is -2.17. The molecule has 2 N–H and O–H groups in total. The summed E-state index contributed by atoms with van der Waals surface area (Å²) in [5.74, 6) is 1.05. The summed E-state index contributed by atoms with van der Waals surface area (Å²) >= 11 is 3.45. The maximum absolute atomic E-state index is 12.7. The Balaban J connectivity index is 0.00000169. The number of fused-ring (bicyclic) bond motifs is 1. The molecule has 4 rings (SSSR count). The van der Waals surface area contributed by atoms with E-state index in [1.807, 2.05) is 35.4 Å². The molecular formula is C17H20BrClN4O. The average molecular weight is 412 g/mol. The summed E-state index contributed by atoms with van der Waals surface area (Å²) in [4.78, 5) is 14.6. The predicted octanol–water partition coefficient (Wildman–Crippen LogP) is 2.87. The second-order valence-electron chi connectivity index (χ2n) is 6.50. The Labute approximate surface area is 155 Å². The first-order chi connectivity index (χ1) is 11.1. The van der Waals surface area contributed by atoms with E-state index in [-0.39, 0.29) is 24.4 Å². The lowest BCUT2D eigenvalue weighted by molar-refractivity contribution is 0.0773. The number of amides is 1. The van der Waals surface area contributed by atoms with E-state index in [1.54, 1.807) is 10.7 Å². The SMILES string of the molecule is Cl.NC1CCC2CN(C(=O)c3ccn(-c4cccc(Br)c4)n3)CC12. The maximum atomic E-state index is 12.7. The summed E-state index contributed by atoms with van der Waals surface area (Å²) in [6.45, 7) is 1.59. The topological polar surface area (TPSA) is 64.2 Å². The second-order valence-corrected chi connectivity index (χ2v) is 7.42. The van der Waals surface area contributed by atoms with Crippen LogP contribution < -0.4 is 5.73 Å². The van der Waals surface area contributed by atoms with Crippen molar-refractivity contribution in [2.75, 3.05) is 13.1 Å². The molecule has 1 aliphatic carbocycles. The number of carbonyl (C=O) groups is 1. The van der Waals surface area contributed by atoms with Gasteiger partial charge in [0.25, 0.3) is 5.91 Å². The van der Waals surface area contributed by atoms with E-state index in [9.17, 15) is 4.79 Å². The molecule has 0 bridgehead atoms. The van der Waals surface area contributed by atoms with Crippen LogP contribution in [0.2, 0.25) is 0 Å². The van der Waals surface area contributed by atoms with Crippen LogP contribution in [0.3, 0.4) is 0 Å². The number of nitrogens with zero attached hydrogens (tertiary/aromatic N) is 3. The number of halogens is 2. The predicted molar refractivity (Wildman–Crippen MR) is 98.6 cm³/mol.